The van der Waals surface area contributed by atoms with E-state index in [9.17, 15) is 9.18 Å². The van der Waals surface area contributed by atoms with Crippen LogP contribution in [0.1, 0.15) is 34.5 Å². The first-order valence-corrected chi connectivity index (χ1v) is 10.4. The minimum atomic E-state index is -0.521. The van der Waals surface area contributed by atoms with Gasteiger partial charge in [0.05, 0.1) is 24.0 Å². The molecule has 1 aliphatic carbocycles. The topological polar surface area (TPSA) is 83.9 Å². The number of nitrogens with one attached hydrogen (secondary N) is 1. The van der Waals surface area contributed by atoms with Gasteiger partial charge in [-0.25, -0.2) is 19.3 Å². The normalized spacial score (nSPS) is 22.0. The van der Waals surface area contributed by atoms with Crippen molar-refractivity contribution in [3.63, 3.8) is 0 Å². The number of carbonyl (C=O) groups excluding carboxylic acids is 1. The lowest BCUT2D eigenvalue weighted by Gasteiger charge is -2.34. The molecule has 1 N–H and O–H groups in total. The summed E-state index contributed by atoms with van der Waals surface area (Å²) in [5.74, 6) is 0.910. The zero-order valence-corrected chi connectivity index (χ0v) is 17.4. The summed E-state index contributed by atoms with van der Waals surface area (Å²) in [6.07, 6.45) is 7.68. The van der Waals surface area contributed by atoms with Gasteiger partial charge >= 0.3 is 0 Å². The quantitative estimate of drug-likeness (QED) is 0.699. The highest BCUT2D eigenvalue weighted by molar-refractivity contribution is 5.98. The Morgan fingerprint density at radius 3 is 2.52 bits per heavy atom. The Balaban J connectivity index is 1.41. The highest BCUT2D eigenvalue weighted by Crippen LogP contribution is 2.40. The molecule has 1 saturated heterocycles. The van der Waals surface area contributed by atoms with Crippen LogP contribution in [-0.2, 0) is 0 Å². The fraction of sp³-hybridized carbons (Fsp3) is 0.348. The number of rotatable bonds is 4. The largest absolute Gasteiger partial charge is 0.365 e. The van der Waals surface area contributed by atoms with Crippen LogP contribution in [0, 0.1) is 25.6 Å². The van der Waals surface area contributed by atoms with Crippen LogP contribution < -0.4 is 5.32 Å². The highest BCUT2D eigenvalue weighted by Gasteiger charge is 2.47. The van der Waals surface area contributed by atoms with E-state index >= 15 is 0 Å². The number of fused-ring (bicyclic) bond motifs is 2. The predicted molar refractivity (Wildman–Crippen MR) is 114 cm³/mol. The van der Waals surface area contributed by atoms with Crippen molar-refractivity contribution in [3.05, 3.63) is 65.6 Å². The number of aryl methyl sites for hydroxylation is 2. The molecule has 2 aliphatic rings. The molecule has 2 bridgehead atoms. The molecular weight excluding hydrogens is 395 g/mol. The summed E-state index contributed by atoms with van der Waals surface area (Å²) in [5, 5.41) is 3.51. The molecule has 1 amide bonds. The van der Waals surface area contributed by atoms with Crippen molar-refractivity contribution in [2.75, 3.05) is 11.9 Å². The molecule has 8 heteroatoms. The maximum absolute atomic E-state index is 13.5. The molecular formula is C23H23FN6O. The van der Waals surface area contributed by atoms with Gasteiger partial charge in [0.1, 0.15) is 11.5 Å². The molecule has 0 radical (unpaired) electrons. The standard InChI is InChI=1S/C23H23FN6O/c1-13-3-4-20(25-8-13)29-18-6-15-7-19(18)30(12-15)23(31)21-17(5-14(2)9-26-21)22-27-10-16(24)11-28-22/h3-5,8-11,15,18-19H,6-7,12H2,1-2H3,(H,25,29). The minimum absolute atomic E-state index is 0.0747. The second kappa shape index (κ2) is 7.68. The molecule has 3 aromatic heterocycles. The van der Waals surface area contributed by atoms with E-state index in [1.807, 2.05) is 43.1 Å². The van der Waals surface area contributed by atoms with Gasteiger partial charge in [0.25, 0.3) is 5.91 Å². The molecule has 0 spiro atoms. The Hall–Kier alpha value is -3.42. The molecule has 5 rings (SSSR count). The zero-order valence-electron chi connectivity index (χ0n) is 17.4. The third-order valence-corrected chi connectivity index (χ3v) is 6.08. The molecule has 4 heterocycles. The number of piperidine rings is 1. The Morgan fingerprint density at radius 1 is 1.03 bits per heavy atom. The van der Waals surface area contributed by atoms with Crippen LogP contribution in [0.15, 0.2) is 43.0 Å². The summed E-state index contributed by atoms with van der Waals surface area (Å²) in [7, 11) is 0. The molecule has 158 valence electrons. The summed E-state index contributed by atoms with van der Waals surface area (Å²) in [4.78, 5) is 32.5. The van der Waals surface area contributed by atoms with Gasteiger partial charge in [-0.05, 0) is 55.9 Å². The van der Waals surface area contributed by atoms with Gasteiger partial charge in [-0.2, -0.15) is 0 Å². The molecule has 3 unspecified atom stereocenters. The van der Waals surface area contributed by atoms with E-state index in [-0.39, 0.29) is 18.0 Å². The van der Waals surface area contributed by atoms with Gasteiger partial charge in [-0.15, -0.1) is 0 Å². The summed E-state index contributed by atoms with van der Waals surface area (Å²) >= 11 is 0. The van der Waals surface area contributed by atoms with E-state index in [1.54, 1.807) is 6.20 Å². The van der Waals surface area contributed by atoms with Crippen LogP contribution in [0.3, 0.4) is 0 Å². The Morgan fingerprint density at radius 2 is 1.81 bits per heavy atom. The lowest BCUT2D eigenvalue weighted by Crippen LogP contribution is -2.48. The van der Waals surface area contributed by atoms with Gasteiger partial charge in [0.15, 0.2) is 11.6 Å². The molecule has 3 aromatic rings. The maximum Gasteiger partial charge on any atom is 0.273 e. The van der Waals surface area contributed by atoms with Crippen LogP contribution in [0.25, 0.3) is 11.4 Å². The summed E-state index contributed by atoms with van der Waals surface area (Å²) in [6.45, 7) is 4.61. The maximum atomic E-state index is 13.5. The third kappa shape index (κ3) is 3.73. The average molecular weight is 418 g/mol. The SMILES string of the molecule is Cc1ccc(NC2CC3CC2N(C(=O)c2ncc(C)cc2-c2ncc(F)cn2)C3)nc1. The molecule has 7 nitrogen and oxygen atoms in total. The second-order valence-corrected chi connectivity index (χ2v) is 8.47. The van der Waals surface area contributed by atoms with Crippen molar-refractivity contribution in [3.8, 4) is 11.4 Å². The van der Waals surface area contributed by atoms with Crippen LogP contribution in [0.4, 0.5) is 10.2 Å². The summed E-state index contributed by atoms with van der Waals surface area (Å²) in [5.41, 5.74) is 2.82. The number of nitrogens with zero attached hydrogens (tertiary/aromatic N) is 5. The number of anilines is 1. The molecule has 1 saturated carbocycles. The summed E-state index contributed by atoms with van der Waals surface area (Å²) < 4.78 is 13.3. The molecule has 31 heavy (non-hydrogen) atoms. The van der Waals surface area contributed by atoms with Crippen LogP contribution in [-0.4, -0.2) is 49.4 Å². The monoisotopic (exact) mass is 418 g/mol. The number of pyridine rings is 2. The van der Waals surface area contributed by atoms with Gasteiger partial charge in [-0.1, -0.05) is 6.07 Å². The Bertz CT molecular complexity index is 1120. The number of hydrogen-bond acceptors (Lipinski definition) is 6. The van der Waals surface area contributed by atoms with Crippen LogP contribution in [0.5, 0.6) is 0 Å². The Labute approximate surface area is 179 Å². The van der Waals surface area contributed by atoms with Gasteiger partial charge in [0, 0.05) is 25.0 Å². The number of amides is 1. The van der Waals surface area contributed by atoms with Crippen molar-refractivity contribution in [2.45, 2.75) is 38.8 Å². The van der Waals surface area contributed by atoms with Crippen LogP contribution in [0.2, 0.25) is 0 Å². The Kier molecular flexibility index (Phi) is 4.84. The predicted octanol–water partition coefficient (Wildman–Crippen LogP) is 3.40. The van der Waals surface area contributed by atoms with E-state index < -0.39 is 5.82 Å². The number of likely N-dealkylation sites (tertiary alicyclic amines) is 1. The number of aromatic nitrogens is 4. The van der Waals surface area contributed by atoms with Crippen molar-refractivity contribution < 1.29 is 9.18 Å². The van der Waals surface area contributed by atoms with Crippen molar-refractivity contribution >= 4 is 11.7 Å². The van der Waals surface area contributed by atoms with Gasteiger partial charge < -0.3 is 10.2 Å². The van der Waals surface area contributed by atoms with Crippen LogP contribution >= 0.6 is 0 Å². The lowest BCUT2D eigenvalue weighted by atomic mass is 10.0. The van der Waals surface area contributed by atoms with E-state index in [2.05, 4.69) is 25.3 Å². The first kappa shape index (κ1) is 19.5. The highest BCUT2D eigenvalue weighted by atomic mass is 19.1. The number of halogens is 1. The lowest BCUT2D eigenvalue weighted by molar-refractivity contribution is 0.0687. The van der Waals surface area contributed by atoms with E-state index in [1.165, 1.54) is 0 Å². The van der Waals surface area contributed by atoms with E-state index in [0.29, 0.717) is 29.5 Å². The van der Waals surface area contributed by atoms with Gasteiger partial charge in [0.2, 0.25) is 0 Å². The molecule has 3 atom stereocenters. The molecule has 1 aliphatic heterocycles. The third-order valence-electron chi connectivity index (χ3n) is 6.08. The van der Waals surface area contributed by atoms with E-state index in [0.717, 1.165) is 42.2 Å². The fourth-order valence-corrected chi connectivity index (χ4v) is 4.65. The van der Waals surface area contributed by atoms with E-state index in [4.69, 9.17) is 0 Å². The smallest absolute Gasteiger partial charge is 0.273 e. The number of carbonyl (C=O) groups is 1. The fourth-order valence-electron chi connectivity index (χ4n) is 4.65. The minimum Gasteiger partial charge on any atom is -0.365 e. The first-order chi connectivity index (χ1) is 15.0. The first-order valence-electron chi connectivity index (χ1n) is 10.4. The average Bonchev–Trinajstić information content (AvgIpc) is 3.36. The van der Waals surface area contributed by atoms with Crippen molar-refractivity contribution in [2.24, 2.45) is 5.92 Å². The molecule has 0 aromatic carbocycles. The number of hydrogen-bond donors (Lipinski definition) is 1. The van der Waals surface area contributed by atoms with Crippen molar-refractivity contribution in [1.82, 2.24) is 24.8 Å². The van der Waals surface area contributed by atoms with Gasteiger partial charge in [-0.3, -0.25) is 9.78 Å². The zero-order chi connectivity index (χ0) is 21.5. The molecule has 2 fully saturated rings. The van der Waals surface area contributed by atoms with Crippen molar-refractivity contribution in [1.29, 1.82) is 0 Å². The summed E-state index contributed by atoms with van der Waals surface area (Å²) in [6, 6.07) is 6.04. The second-order valence-electron chi connectivity index (χ2n) is 8.47.